The fraction of sp³-hybridized carbons (Fsp3) is 0.632. The molecule has 1 atom stereocenters. The zero-order valence-electron chi connectivity index (χ0n) is 14.6. The van der Waals surface area contributed by atoms with Crippen molar-refractivity contribution in [2.75, 3.05) is 25.0 Å². The Balaban J connectivity index is 1.83. The molecule has 1 aliphatic heterocycles. The van der Waals surface area contributed by atoms with E-state index >= 15 is 0 Å². The molecule has 2 N–H and O–H groups in total. The Hall–Kier alpha value is -1.55. The minimum absolute atomic E-state index is 0.0945. The van der Waals surface area contributed by atoms with Gasteiger partial charge in [0, 0.05) is 18.2 Å². The SMILES string of the molecule is CC(C)COc1cccc(NC(=O)CC(C)C2CCNCC2)c1. The molecule has 128 valence electrons. The second-order valence-electron chi connectivity index (χ2n) is 7.05. The lowest BCUT2D eigenvalue weighted by molar-refractivity contribution is -0.117. The van der Waals surface area contributed by atoms with Crippen LogP contribution in [0.1, 0.15) is 40.0 Å². The van der Waals surface area contributed by atoms with E-state index in [0.29, 0.717) is 30.8 Å². The van der Waals surface area contributed by atoms with Gasteiger partial charge in [-0.1, -0.05) is 26.8 Å². The standard InChI is InChI=1S/C19H30N2O2/c1-14(2)13-23-18-6-4-5-17(12-18)21-19(22)11-15(3)16-7-9-20-10-8-16/h4-6,12,14-16,20H,7-11,13H2,1-3H3,(H,21,22). The molecular weight excluding hydrogens is 288 g/mol. The van der Waals surface area contributed by atoms with Crippen LogP contribution in [0.25, 0.3) is 0 Å². The van der Waals surface area contributed by atoms with E-state index < -0.39 is 0 Å². The van der Waals surface area contributed by atoms with E-state index in [1.54, 1.807) is 0 Å². The molecule has 1 unspecified atom stereocenters. The minimum atomic E-state index is 0.0945. The van der Waals surface area contributed by atoms with E-state index in [-0.39, 0.29) is 5.91 Å². The van der Waals surface area contributed by atoms with Gasteiger partial charge in [0.2, 0.25) is 5.91 Å². The van der Waals surface area contributed by atoms with Gasteiger partial charge in [-0.15, -0.1) is 0 Å². The smallest absolute Gasteiger partial charge is 0.224 e. The maximum absolute atomic E-state index is 12.3. The summed E-state index contributed by atoms with van der Waals surface area (Å²) in [6.07, 6.45) is 2.93. The molecular formula is C19H30N2O2. The molecule has 1 heterocycles. The zero-order valence-corrected chi connectivity index (χ0v) is 14.6. The molecule has 0 saturated carbocycles. The highest BCUT2D eigenvalue weighted by atomic mass is 16.5. The first-order chi connectivity index (χ1) is 11.0. The zero-order chi connectivity index (χ0) is 16.7. The number of hydrogen-bond acceptors (Lipinski definition) is 3. The average molecular weight is 318 g/mol. The highest BCUT2D eigenvalue weighted by molar-refractivity contribution is 5.91. The Morgan fingerprint density at radius 2 is 2.04 bits per heavy atom. The summed E-state index contributed by atoms with van der Waals surface area (Å²) in [7, 11) is 0. The van der Waals surface area contributed by atoms with Crippen LogP contribution in [0.3, 0.4) is 0 Å². The lowest BCUT2D eigenvalue weighted by Gasteiger charge is -2.27. The van der Waals surface area contributed by atoms with Crippen LogP contribution < -0.4 is 15.4 Å². The molecule has 1 fully saturated rings. The second-order valence-corrected chi connectivity index (χ2v) is 7.05. The first-order valence-corrected chi connectivity index (χ1v) is 8.78. The summed E-state index contributed by atoms with van der Waals surface area (Å²) in [6, 6.07) is 7.65. The number of amides is 1. The van der Waals surface area contributed by atoms with Crippen molar-refractivity contribution in [1.82, 2.24) is 5.32 Å². The number of rotatable bonds is 7. The van der Waals surface area contributed by atoms with Crippen LogP contribution >= 0.6 is 0 Å². The maximum atomic E-state index is 12.3. The Kier molecular flexibility index (Phi) is 6.90. The van der Waals surface area contributed by atoms with E-state index in [2.05, 4.69) is 31.4 Å². The molecule has 4 heteroatoms. The van der Waals surface area contributed by atoms with Crippen molar-refractivity contribution in [3.05, 3.63) is 24.3 Å². The normalized spacial score (nSPS) is 17.0. The third kappa shape index (κ3) is 6.22. The number of anilines is 1. The molecule has 1 aromatic rings. The lowest BCUT2D eigenvalue weighted by atomic mass is 9.84. The molecule has 0 aromatic heterocycles. The molecule has 1 amide bonds. The topological polar surface area (TPSA) is 50.4 Å². The third-order valence-electron chi connectivity index (χ3n) is 4.40. The Labute approximate surface area is 140 Å². The maximum Gasteiger partial charge on any atom is 0.224 e. The van der Waals surface area contributed by atoms with Crippen LogP contribution in [-0.2, 0) is 4.79 Å². The number of nitrogens with one attached hydrogen (secondary N) is 2. The van der Waals surface area contributed by atoms with Crippen molar-refractivity contribution < 1.29 is 9.53 Å². The summed E-state index contributed by atoms with van der Waals surface area (Å²) in [5.41, 5.74) is 0.814. The Morgan fingerprint density at radius 1 is 1.30 bits per heavy atom. The van der Waals surface area contributed by atoms with Gasteiger partial charge in [0.15, 0.2) is 0 Å². The van der Waals surface area contributed by atoms with Crippen LogP contribution in [0.5, 0.6) is 5.75 Å². The van der Waals surface area contributed by atoms with Gasteiger partial charge in [0.25, 0.3) is 0 Å². The molecule has 1 aliphatic rings. The first kappa shape index (κ1) is 17.8. The number of carbonyl (C=O) groups is 1. The summed E-state index contributed by atoms with van der Waals surface area (Å²) in [5, 5.41) is 6.38. The lowest BCUT2D eigenvalue weighted by Crippen LogP contribution is -2.32. The third-order valence-corrected chi connectivity index (χ3v) is 4.40. The summed E-state index contributed by atoms with van der Waals surface area (Å²) < 4.78 is 5.71. The molecule has 2 rings (SSSR count). The van der Waals surface area contributed by atoms with Crippen molar-refractivity contribution in [2.45, 2.75) is 40.0 Å². The van der Waals surface area contributed by atoms with E-state index in [1.807, 2.05) is 24.3 Å². The minimum Gasteiger partial charge on any atom is -0.493 e. The highest BCUT2D eigenvalue weighted by Gasteiger charge is 2.22. The van der Waals surface area contributed by atoms with Crippen LogP contribution in [0.4, 0.5) is 5.69 Å². The number of benzene rings is 1. The average Bonchev–Trinajstić information content (AvgIpc) is 2.54. The second kappa shape index (κ2) is 8.92. The van der Waals surface area contributed by atoms with Crippen molar-refractivity contribution in [3.63, 3.8) is 0 Å². The Bertz CT molecular complexity index is 496. The van der Waals surface area contributed by atoms with E-state index in [4.69, 9.17) is 4.74 Å². The van der Waals surface area contributed by atoms with Gasteiger partial charge in [-0.3, -0.25) is 4.79 Å². The van der Waals surface area contributed by atoms with E-state index in [9.17, 15) is 4.79 Å². The van der Waals surface area contributed by atoms with Crippen LogP contribution in [-0.4, -0.2) is 25.6 Å². The van der Waals surface area contributed by atoms with Crippen LogP contribution in [0.15, 0.2) is 24.3 Å². The fourth-order valence-corrected chi connectivity index (χ4v) is 3.01. The molecule has 23 heavy (non-hydrogen) atoms. The molecule has 0 aliphatic carbocycles. The largest absolute Gasteiger partial charge is 0.493 e. The number of hydrogen-bond donors (Lipinski definition) is 2. The molecule has 0 radical (unpaired) electrons. The summed E-state index contributed by atoms with van der Waals surface area (Å²) in [4.78, 5) is 12.3. The summed E-state index contributed by atoms with van der Waals surface area (Å²) in [6.45, 7) is 9.27. The molecule has 0 spiro atoms. The first-order valence-electron chi connectivity index (χ1n) is 8.78. The van der Waals surface area contributed by atoms with Crippen molar-refractivity contribution in [3.8, 4) is 5.75 Å². The van der Waals surface area contributed by atoms with Gasteiger partial charge in [0.05, 0.1) is 6.61 Å². The van der Waals surface area contributed by atoms with Crippen molar-refractivity contribution in [2.24, 2.45) is 17.8 Å². The van der Waals surface area contributed by atoms with Crippen molar-refractivity contribution >= 4 is 11.6 Å². The predicted molar refractivity (Wildman–Crippen MR) is 94.8 cm³/mol. The molecule has 0 bridgehead atoms. The molecule has 1 aromatic carbocycles. The van der Waals surface area contributed by atoms with Crippen LogP contribution in [0, 0.1) is 17.8 Å². The Morgan fingerprint density at radius 3 is 2.74 bits per heavy atom. The van der Waals surface area contributed by atoms with Gasteiger partial charge in [-0.2, -0.15) is 0 Å². The number of carbonyl (C=O) groups excluding carboxylic acids is 1. The van der Waals surface area contributed by atoms with Gasteiger partial charge in [-0.05, 0) is 55.8 Å². The summed E-state index contributed by atoms with van der Waals surface area (Å²) >= 11 is 0. The van der Waals surface area contributed by atoms with E-state index in [1.165, 1.54) is 12.8 Å². The monoisotopic (exact) mass is 318 g/mol. The van der Waals surface area contributed by atoms with Gasteiger partial charge >= 0.3 is 0 Å². The van der Waals surface area contributed by atoms with Crippen LogP contribution in [0.2, 0.25) is 0 Å². The number of piperidine rings is 1. The summed E-state index contributed by atoms with van der Waals surface area (Å²) in [5.74, 6) is 2.47. The fourth-order valence-electron chi connectivity index (χ4n) is 3.01. The molecule has 1 saturated heterocycles. The quantitative estimate of drug-likeness (QED) is 0.806. The van der Waals surface area contributed by atoms with Gasteiger partial charge in [-0.25, -0.2) is 0 Å². The predicted octanol–water partition coefficient (Wildman–Crippen LogP) is 3.69. The van der Waals surface area contributed by atoms with Gasteiger partial charge < -0.3 is 15.4 Å². The molecule has 4 nitrogen and oxygen atoms in total. The van der Waals surface area contributed by atoms with E-state index in [0.717, 1.165) is 24.5 Å². The van der Waals surface area contributed by atoms with Gasteiger partial charge in [0.1, 0.15) is 5.75 Å². The highest BCUT2D eigenvalue weighted by Crippen LogP contribution is 2.25. The number of ether oxygens (including phenoxy) is 1. The van der Waals surface area contributed by atoms with Crippen molar-refractivity contribution in [1.29, 1.82) is 0 Å².